The highest BCUT2D eigenvalue weighted by molar-refractivity contribution is 7.22. The number of furan rings is 1. The predicted octanol–water partition coefficient (Wildman–Crippen LogP) is 4.06. The SMILES string of the molecule is Cc1ccc2nc(N3C(=O)C(=O)C(C(=O)c4ccco4)C3c3ccc(O)cc3)sc2c1. The number of phenolic OH excluding ortho intramolecular Hbond substituents is 1. The van der Waals surface area contributed by atoms with Crippen LogP contribution in [0.4, 0.5) is 5.13 Å². The van der Waals surface area contributed by atoms with Gasteiger partial charge in [-0.05, 0) is 54.4 Å². The Morgan fingerprint density at radius 2 is 1.90 bits per heavy atom. The summed E-state index contributed by atoms with van der Waals surface area (Å²) in [6, 6.07) is 14.0. The van der Waals surface area contributed by atoms with Gasteiger partial charge in [0, 0.05) is 0 Å². The van der Waals surface area contributed by atoms with Crippen LogP contribution in [-0.2, 0) is 9.59 Å². The maximum Gasteiger partial charge on any atom is 0.297 e. The van der Waals surface area contributed by atoms with E-state index >= 15 is 0 Å². The normalized spacial score (nSPS) is 18.8. The number of thiazole rings is 1. The molecule has 2 unspecified atom stereocenters. The molecule has 7 nitrogen and oxygen atoms in total. The van der Waals surface area contributed by atoms with Crippen molar-refractivity contribution in [2.45, 2.75) is 13.0 Å². The van der Waals surface area contributed by atoms with Crippen LogP contribution in [0.15, 0.2) is 65.3 Å². The number of carbonyl (C=O) groups is 3. The first kappa shape index (κ1) is 19.2. The van der Waals surface area contributed by atoms with Crippen LogP contribution in [0.1, 0.15) is 27.7 Å². The molecule has 1 aliphatic heterocycles. The van der Waals surface area contributed by atoms with E-state index in [4.69, 9.17) is 4.42 Å². The molecule has 2 aromatic heterocycles. The summed E-state index contributed by atoms with van der Waals surface area (Å²) in [6.07, 6.45) is 1.34. The molecule has 4 aromatic rings. The zero-order valence-electron chi connectivity index (χ0n) is 16.3. The molecule has 1 saturated heterocycles. The Kier molecular flexibility index (Phi) is 4.44. The molecule has 1 amide bonds. The fourth-order valence-corrected chi connectivity index (χ4v) is 4.95. The molecular weight excluding hydrogens is 416 g/mol. The molecule has 8 heteroatoms. The number of carbonyl (C=O) groups excluding carboxylic acids is 3. The highest BCUT2D eigenvalue weighted by atomic mass is 32.1. The smallest absolute Gasteiger partial charge is 0.297 e. The van der Waals surface area contributed by atoms with Gasteiger partial charge in [0.1, 0.15) is 11.7 Å². The molecule has 1 aliphatic rings. The minimum Gasteiger partial charge on any atom is -0.508 e. The van der Waals surface area contributed by atoms with Crippen molar-refractivity contribution in [2.24, 2.45) is 5.92 Å². The Bertz CT molecular complexity index is 1320. The number of phenols is 1. The molecule has 1 fully saturated rings. The lowest BCUT2D eigenvalue weighted by atomic mass is 9.88. The summed E-state index contributed by atoms with van der Waals surface area (Å²) in [7, 11) is 0. The van der Waals surface area contributed by atoms with Gasteiger partial charge in [0.05, 0.1) is 22.5 Å². The van der Waals surface area contributed by atoms with Crippen LogP contribution >= 0.6 is 11.3 Å². The highest BCUT2D eigenvalue weighted by Crippen LogP contribution is 2.43. The van der Waals surface area contributed by atoms with Crippen LogP contribution < -0.4 is 4.90 Å². The number of hydrogen-bond acceptors (Lipinski definition) is 7. The van der Waals surface area contributed by atoms with E-state index < -0.39 is 29.4 Å². The fourth-order valence-electron chi connectivity index (χ4n) is 3.85. The summed E-state index contributed by atoms with van der Waals surface area (Å²) in [5.74, 6) is -3.40. The van der Waals surface area contributed by atoms with E-state index in [0.717, 1.165) is 10.3 Å². The van der Waals surface area contributed by atoms with Crippen LogP contribution in [0.2, 0.25) is 0 Å². The molecule has 0 bridgehead atoms. The minimum atomic E-state index is -1.28. The summed E-state index contributed by atoms with van der Waals surface area (Å²) in [6.45, 7) is 1.96. The van der Waals surface area contributed by atoms with E-state index in [9.17, 15) is 19.5 Å². The third-order valence-electron chi connectivity index (χ3n) is 5.33. The van der Waals surface area contributed by atoms with Crippen molar-refractivity contribution in [1.29, 1.82) is 0 Å². The van der Waals surface area contributed by atoms with Crippen LogP contribution in [-0.4, -0.2) is 27.6 Å². The number of anilines is 1. The molecule has 0 aliphatic carbocycles. The van der Waals surface area contributed by atoms with Crippen molar-refractivity contribution >= 4 is 44.2 Å². The first-order chi connectivity index (χ1) is 14.9. The Labute approximate surface area is 180 Å². The van der Waals surface area contributed by atoms with Gasteiger partial charge in [0.15, 0.2) is 10.9 Å². The molecule has 31 heavy (non-hydrogen) atoms. The van der Waals surface area contributed by atoms with E-state index in [1.54, 1.807) is 18.2 Å². The van der Waals surface area contributed by atoms with Gasteiger partial charge in [0.25, 0.3) is 5.91 Å². The van der Waals surface area contributed by atoms with Gasteiger partial charge >= 0.3 is 0 Å². The number of Topliss-reactive ketones (excluding diaryl/α,β-unsaturated/α-hetero) is 2. The van der Waals surface area contributed by atoms with Crippen molar-refractivity contribution < 1.29 is 23.9 Å². The van der Waals surface area contributed by atoms with Crippen molar-refractivity contribution in [3.63, 3.8) is 0 Å². The first-order valence-corrected chi connectivity index (χ1v) is 10.4. The highest BCUT2D eigenvalue weighted by Gasteiger charge is 2.53. The first-order valence-electron chi connectivity index (χ1n) is 9.55. The zero-order chi connectivity index (χ0) is 21.7. The quantitative estimate of drug-likeness (QED) is 0.297. The number of nitrogens with zero attached hydrogens (tertiary/aromatic N) is 2. The predicted molar refractivity (Wildman–Crippen MR) is 114 cm³/mol. The van der Waals surface area contributed by atoms with Gasteiger partial charge in [-0.3, -0.25) is 19.3 Å². The van der Waals surface area contributed by atoms with Crippen molar-refractivity contribution in [3.05, 3.63) is 77.7 Å². The fraction of sp³-hybridized carbons (Fsp3) is 0.130. The molecule has 2 atom stereocenters. The van der Waals surface area contributed by atoms with Gasteiger partial charge in [0.2, 0.25) is 11.6 Å². The molecule has 0 spiro atoms. The second kappa shape index (κ2) is 7.17. The second-order valence-corrected chi connectivity index (χ2v) is 8.37. The monoisotopic (exact) mass is 432 g/mol. The lowest BCUT2D eigenvalue weighted by Gasteiger charge is -2.24. The van der Waals surface area contributed by atoms with Crippen molar-refractivity contribution in [1.82, 2.24) is 4.98 Å². The standard InChI is InChI=1S/C23H16N2O5S/c1-12-4-9-15-17(11-12)31-23(24-15)25-19(13-5-7-14(26)8-6-13)18(21(28)22(25)29)20(27)16-3-2-10-30-16/h2-11,18-19,26H,1H3. The van der Waals surface area contributed by atoms with Gasteiger partial charge in [-0.1, -0.05) is 29.5 Å². The maximum atomic E-state index is 13.1. The number of hydrogen-bond donors (Lipinski definition) is 1. The van der Waals surface area contributed by atoms with Gasteiger partial charge in [-0.15, -0.1) is 0 Å². The molecular formula is C23H16N2O5S. The molecule has 0 saturated carbocycles. The molecule has 0 radical (unpaired) electrons. The van der Waals surface area contributed by atoms with Gasteiger partial charge in [-0.25, -0.2) is 4.98 Å². The molecule has 3 heterocycles. The summed E-state index contributed by atoms with van der Waals surface area (Å²) in [5.41, 5.74) is 2.29. The maximum absolute atomic E-state index is 13.1. The number of amides is 1. The lowest BCUT2D eigenvalue weighted by Crippen LogP contribution is -2.30. The number of ketones is 2. The molecule has 1 N–H and O–H groups in total. The average molecular weight is 432 g/mol. The Morgan fingerprint density at radius 1 is 1.13 bits per heavy atom. The number of rotatable bonds is 4. The lowest BCUT2D eigenvalue weighted by molar-refractivity contribution is -0.135. The van der Waals surface area contributed by atoms with E-state index in [1.165, 1.54) is 40.7 Å². The molecule has 5 rings (SSSR count). The van der Waals surface area contributed by atoms with E-state index in [0.29, 0.717) is 16.2 Å². The number of fused-ring (bicyclic) bond motifs is 1. The van der Waals surface area contributed by atoms with Crippen LogP contribution in [0.25, 0.3) is 10.2 Å². The van der Waals surface area contributed by atoms with E-state index in [1.807, 2.05) is 25.1 Å². The largest absolute Gasteiger partial charge is 0.508 e. The molecule has 2 aromatic carbocycles. The number of aromatic nitrogens is 1. The summed E-state index contributed by atoms with van der Waals surface area (Å²) >= 11 is 1.28. The summed E-state index contributed by atoms with van der Waals surface area (Å²) in [5, 5.41) is 10.0. The Hall–Kier alpha value is -3.78. The van der Waals surface area contributed by atoms with Crippen LogP contribution in [0, 0.1) is 12.8 Å². The van der Waals surface area contributed by atoms with E-state index in [-0.39, 0.29) is 11.5 Å². The van der Waals surface area contributed by atoms with Crippen LogP contribution in [0.5, 0.6) is 5.75 Å². The summed E-state index contributed by atoms with van der Waals surface area (Å²) in [4.78, 5) is 45.1. The minimum absolute atomic E-state index is 0.0108. The van der Waals surface area contributed by atoms with Gasteiger partial charge < -0.3 is 9.52 Å². The van der Waals surface area contributed by atoms with Crippen molar-refractivity contribution in [3.8, 4) is 5.75 Å². The molecule has 154 valence electrons. The number of aryl methyl sites for hydroxylation is 1. The zero-order valence-corrected chi connectivity index (χ0v) is 17.1. The third kappa shape index (κ3) is 3.12. The summed E-state index contributed by atoms with van der Waals surface area (Å²) < 4.78 is 6.09. The number of benzene rings is 2. The van der Waals surface area contributed by atoms with E-state index in [2.05, 4.69) is 4.98 Å². The Balaban J connectivity index is 1.67. The van der Waals surface area contributed by atoms with Crippen molar-refractivity contribution in [2.75, 3.05) is 4.90 Å². The van der Waals surface area contributed by atoms with Crippen LogP contribution in [0.3, 0.4) is 0 Å². The van der Waals surface area contributed by atoms with Gasteiger partial charge in [-0.2, -0.15) is 0 Å². The second-order valence-electron chi connectivity index (χ2n) is 7.36. The topological polar surface area (TPSA) is 101 Å². The number of aromatic hydroxyl groups is 1. The average Bonchev–Trinajstić information content (AvgIpc) is 3.47. The third-order valence-corrected chi connectivity index (χ3v) is 6.34. The Morgan fingerprint density at radius 3 is 2.61 bits per heavy atom.